The second-order valence-corrected chi connectivity index (χ2v) is 4.47. The molecule has 0 aromatic heterocycles. The lowest BCUT2D eigenvalue weighted by Crippen LogP contribution is -2.13. The highest BCUT2D eigenvalue weighted by molar-refractivity contribution is 7.80. The molecule has 1 saturated carbocycles. The number of hydrogen-bond acceptors (Lipinski definition) is 2. The van der Waals surface area contributed by atoms with Gasteiger partial charge in [-0.05, 0) is 37.8 Å². The maximum atomic E-state index is 13.5. The van der Waals surface area contributed by atoms with Gasteiger partial charge >= 0.3 is 0 Å². The van der Waals surface area contributed by atoms with E-state index in [1.54, 1.807) is 12.1 Å². The van der Waals surface area contributed by atoms with Crippen molar-refractivity contribution in [2.24, 2.45) is 5.73 Å². The van der Waals surface area contributed by atoms with E-state index in [0.29, 0.717) is 5.75 Å². The third kappa shape index (κ3) is 2.50. The Balaban J connectivity index is 2.11. The van der Waals surface area contributed by atoms with Crippen molar-refractivity contribution in [3.63, 3.8) is 0 Å². The Morgan fingerprint density at radius 1 is 1.38 bits per heavy atom. The van der Waals surface area contributed by atoms with Crippen molar-refractivity contribution in [3.05, 3.63) is 29.6 Å². The Kier molecular flexibility index (Phi) is 3.39. The first-order valence-corrected chi connectivity index (χ1v) is 5.83. The van der Waals surface area contributed by atoms with Crippen LogP contribution in [0, 0.1) is 5.82 Å². The molecule has 2 rings (SSSR count). The number of thiocarbonyl (C=S) groups is 1. The average Bonchev–Trinajstić information content (AvgIpc) is 2.70. The van der Waals surface area contributed by atoms with Crippen molar-refractivity contribution in [2.75, 3.05) is 0 Å². The lowest BCUT2D eigenvalue weighted by Gasteiger charge is -2.13. The van der Waals surface area contributed by atoms with Crippen LogP contribution >= 0.6 is 12.2 Å². The quantitative estimate of drug-likeness (QED) is 0.824. The van der Waals surface area contributed by atoms with Crippen molar-refractivity contribution in [3.8, 4) is 5.75 Å². The van der Waals surface area contributed by atoms with Crippen LogP contribution in [0.3, 0.4) is 0 Å². The topological polar surface area (TPSA) is 35.2 Å². The molecule has 0 amide bonds. The predicted molar refractivity (Wildman–Crippen MR) is 65.2 cm³/mol. The fourth-order valence-electron chi connectivity index (χ4n) is 1.97. The first-order chi connectivity index (χ1) is 7.66. The van der Waals surface area contributed by atoms with Crippen LogP contribution in [0.5, 0.6) is 5.75 Å². The maximum Gasteiger partial charge on any atom is 0.137 e. The first-order valence-electron chi connectivity index (χ1n) is 5.43. The van der Waals surface area contributed by atoms with Gasteiger partial charge in [0, 0.05) is 11.6 Å². The summed E-state index contributed by atoms with van der Waals surface area (Å²) in [6.45, 7) is 0. The average molecular weight is 239 g/mol. The van der Waals surface area contributed by atoms with Crippen LogP contribution in [0.25, 0.3) is 0 Å². The van der Waals surface area contributed by atoms with Crippen LogP contribution in [0.4, 0.5) is 4.39 Å². The molecule has 2 nitrogen and oxygen atoms in total. The summed E-state index contributed by atoms with van der Waals surface area (Å²) < 4.78 is 19.2. The fraction of sp³-hybridized carbons (Fsp3) is 0.417. The number of nitrogens with two attached hydrogens (primary N) is 1. The van der Waals surface area contributed by atoms with Gasteiger partial charge in [0.2, 0.25) is 0 Å². The van der Waals surface area contributed by atoms with Crippen molar-refractivity contribution in [1.29, 1.82) is 0 Å². The van der Waals surface area contributed by atoms with Gasteiger partial charge in [-0.3, -0.25) is 0 Å². The Morgan fingerprint density at radius 2 is 2.06 bits per heavy atom. The summed E-state index contributed by atoms with van der Waals surface area (Å²) in [5, 5.41) is 0. The van der Waals surface area contributed by atoms with Gasteiger partial charge in [0.1, 0.15) is 16.6 Å². The van der Waals surface area contributed by atoms with E-state index in [4.69, 9.17) is 22.7 Å². The van der Waals surface area contributed by atoms with Crippen LogP contribution in [-0.2, 0) is 0 Å². The summed E-state index contributed by atoms with van der Waals surface area (Å²) in [7, 11) is 0. The second-order valence-electron chi connectivity index (χ2n) is 4.03. The molecule has 1 aliphatic carbocycles. The Morgan fingerprint density at radius 3 is 2.62 bits per heavy atom. The Labute approximate surface area is 99.6 Å². The number of rotatable bonds is 3. The van der Waals surface area contributed by atoms with Gasteiger partial charge in [-0.2, -0.15) is 0 Å². The van der Waals surface area contributed by atoms with Crippen molar-refractivity contribution in [1.82, 2.24) is 0 Å². The highest BCUT2D eigenvalue weighted by atomic mass is 32.1. The van der Waals surface area contributed by atoms with Crippen molar-refractivity contribution in [2.45, 2.75) is 31.8 Å². The van der Waals surface area contributed by atoms with Crippen molar-refractivity contribution >= 4 is 17.2 Å². The molecule has 0 heterocycles. The molecule has 1 aliphatic rings. The smallest absolute Gasteiger partial charge is 0.137 e. The molecule has 0 spiro atoms. The molecule has 1 aromatic rings. The summed E-state index contributed by atoms with van der Waals surface area (Å²) in [5.41, 5.74) is 5.65. The van der Waals surface area contributed by atoms with E-state index in [9.17, 15) is 4.39 Å². The third-order valence-electron chi connectivity index (χ3n) is 2.81. The largest absolute Gasteiger partial charge is 0.490 e. The van der Waals surface area contributed by atoms with E-state index in [0.717, 1.165) is 12.8 Å². The second kappa shape index (κ2) is 4.78. The van der Waals surface area contributed by atoms with E-state index < -0.39 is 5.82 Å². The van der Waals surface area contributed by atoms with Gasteiger partial charge < -0.3 is 10.5 Å². The fourth-order valence-corrected chi connectivity index (χ4v) is 2.13. The summed E-state index contributed by atoms with van der Waals surface area (Å²) in [6, 6.07) is 4.64. The highest BCUT2D eigenvalue weighted by Crippen LogP contribution is 2.25. The minimum Gasteiger partial charge on any atom is -0.490 e. The molecule has 0 radical (unpaired) electrons. The van der Waals surface area contributed by atoms with Crippen LogP contribution in [0.2, 0.25) is 0 Å². The monoisotopic (exact) mass is 239 g/mol. The van der Waals surface area contributed by atoms with E-state index in [1.165, 1.54) is 18.9 Å². The predicted octanol–water partition coefficient (Wildman–Crippen LogP) is 2.78. The van der Waals surface area contributed by atoms with Crippen LogP contribution in [-0.4, -0.2) is 11.1 Å². The minimum atomic E-state index is -0.414. The van der Waals surface area contributed by atoms with E-state index in [1.807, 2.05) is 0 Å². The number of halogens is 1. The number of ether oxygens (including phenoxy) is 1. The van der Waals surface area contributed by atoms with Gasteiger partial charge in [0.25, 0.3) is 0 Å². The van der Waals surface area contributed by atoms with Gasteiger partial charge in [-0.25, -0.2) is 4.39 Å². The van der Waals surface area contributed by atoms with Gasteiger partial charge in [-0.1, -0.05) is 12.2 Å². The molecule has 16 heavy (non-hydrogen) atoms. The highest BCUT2D eigenvalue weighted by Gasteiger charge is 2.17. The maximum absolute atomic E-state index is 13.5. The summed E-state index contributed by atoms with van der Waals surface area (Å²) in [4.78, 5) is 0.0740. The molecule has 0 bridgehead atoms. The molecule has 1 aromatic carbocycles. The molecule has 4 heteroatoms. The van der Waals surface area contributed by atoms with Crippen LogP contribution < -0.4 is 10.5 Å². The zero-order valence-electron chi connectivity index (χ0n) is 8.91. The minimum absolute atomic E-state index is 0.0740. The van der Waals surface area contributed by atoms with Crippen LogP contribution in [0.15, 0.2) is 18.2 Å². The summed E-state index contributed by atoms with van der Waals surface area (Å²) in [5.74, 6) is 0.146. The molecular weight excluding hydrogens is 225 g/mol. The first kappa shape index (κ1) is 11.3. The number of benzene rings is 1. The SMILES string of the molecule is NC(=S)c1ccc(OC2CCCC2)cc1F. The molecule has 0 atom stereocenters. The van der Waals surface area contributed by atoms with E-state index in [-0.39, 0.29) is 16.7 Å². The zero-order valence-corrected chi connectivity index (χ0v) is 9.73. The molecule has 1 fully saturated rings. The summed E-state index contributed by atoms with van der Waals surface area (Å²) >= 11 is 4.73. The third-order valence-corrected chi connectivity index (χ3v) is 3.03. The molecule has 0 saturated heterocycles. The number of hydrogen-bond donors (Lipinski definition) is 1. The van der Waals surface area contributed by atoms with E-state index in [2.05, 4.69) is 0 Å². The van der Waals surface area contributed by atoms with Gasteiger partial charge in [0.15, 0.2) is 0 Å². The van der Waals surface area contributed by atoms with Gasteiger partial charge in [0.05, 0.1) is 6.10 Å². The molecular formula is C12H14FNOS. The molecule has 2 N–H and O–H groups in total. The molecule has 0 unspecified atom stereocenters. The summed E-state index contributed by atoms with van der Waals surface area (Å²) in [6.07, 6.45) is 4.73. The van der Waals surface area contributed by atoms with Crippen molar-refractivity contribution < 1.29 is 9.13 Å². The standard InChI is InChI=1S/C12H14FNOS/c13-11-7-9(5-6-10(11)12(14)16)15-8-3-1-2-4-8/h5-8H,1-4H2,(H2,14,16). The lowest BCUT2D eigenvalue weighted by molar-refractivity contribution is 0.209. The zero-order chi connectivity index (χ0) is 11.5. The van der Waals surface area contributed by atoms with E-state index >= 15 is 0 Å². The van der Waals surface area contributed by atoms with Crippen LogP contribution in [0.1, 0.15) is 31.2 Å². The Bertz CT molecular complexity index is 402. The van der Waals surface area contributed by atoms with Gasteiger partial charge in [-0.15, -0.1) is 0 Å². The molecule has 86 valence electrons. The lowest BCUT2D eigenvalue weighted by atomic mass is 10.2. The molecule has 0 aliphatic heterocycles. The Hall–Kier alpha value is -1.16. The normalized spacial score (nSPS) is 16.3.